The van der Waals surface area contributed by atoms with Crippen LogP contribution in [-0.4, -0.2) is 24.1 Å². The number of ether oxygens (including phenoxy) is 1. The van der Waals surface area contributed by atoms with Crippen LogP contribution >= 0.6 is 46.1 Å². The van der Waals surface area contributed by atoms with E-state index >= 15 is 0 Å². The predicted octanol–water partition coefficient (Wildman–Crippen LogP) is 6.64. The van der Waals surface area contributed by atoms with Gasteiger partial charge in [0.25, 0.3) is 5.91 Å². The Kier molecular flexibility index (Phi) is 6.39. The van der Waals surface area contributed by atoms with Crippen molar-refractivity contribution in [3.63, 3.8) is 0 Å². The zero-order valence-corrected chi connectivity index (χ0v) is 18.3. The van der Waals surface area contributed by atoms with Gasteiger partial charge in [-0.05, 0) is 18.6 Å². The summed E-state index contributed by atoms with van der Waals surface area (Å²) in [4.78, 5) is 24.7. The van der Waals surface area contributed by atoms with Crippen LogP contribution in [0, 0.1) is 6.92 Å². The smallest absolute Gasteiger partial charge is 0.339 e. The average molecular weight is 471 g/mol. The van der Waals surface area contributed by atoms with Crippen molar-refractivity contribution < 1.29 is 19.4 Å². The highest BCUT2D eigenvalue weighted by Crippen LogP contribution is 2.41. The molecule has 0 fully saturated rings. The normalized spacial score (nSPS) is 10.7. The lowest BCUT2D eigenvalue weighted by atomic mass is 10.0. The van der Waals surface area contributed by atoms with Gasteiger partial charge in [-0.2, -0.15) is 0 Å². The van der Waals surface area contributed by atoms with Gasteiger partial charge < -0.3 is 15.2 Å². The van der Waals surface area contributed by atoms with E-state index < -0.39 is 11.9 Å². The van der Waals surface area contributed by atoms with Gasteiger partial charge in [-0.15, -0.1) is 11.3 Å². The Labute approximate surface area is 185 Å². The van der Waals surface area contributed by atoms with Gasteiger partial charge in [-0.3, -0.25) is 4.79 Å². The third-order valence-corrected chi connectivity index (χ3v) is 6.15. The molecule has 0 unspecified atom stereocenters. The highest BCUT2D eigenvalue weighted by molar-refractivity contribution is 7.15. The summed E-state index contributed by atoms with van der Waals surface area (Å²) in [7, 11) is 1.38. The number of hydrogen-bond donors (Lipinski definition) is 2. The molecule has 0 saturated heterocycles. The molecule has 150 valence electrons. The molecule has 0 saturated carbocycles. The minimum absolute atomic E-state index is 0.00287. The SMILES string of the molecule is COc1c(Cl)cc(C(=O)Nc2scc(-c3cccc(C)c3)c2C(=O)O)c(Cl)c1Cl. The molecule has 2 aromatic carbocycles. The molecule has 3 rings (SSSR count). The van der Waals surface area contributed by atoms with Crippen LogP contribution in [0.2, 0.25) is 15.1 Å². The summed E-state index contributed by atoms with van der Waals surface area (Å²) in [5, 5.41) is 14.3. The molecule has 1 amide bonds. The quantitative estimate of drug-likeness (QED) is 0.410. The molecule has 0 radical (unpaired) electrons. The monoisotopic (exact) mass is 469 g/mol. The number of nitrogens with one attached hydrogen (secondary N) is 1. The van der Waals surface area contributed by atoms with E-state index in [1.54, 1.807) is 5.38 Å². The molecule has 1 heterocycles. The van der Waals surface area contributed by atoms with Gasteiger partial charge in [-0.1, -0.05) is 64.6 Å². The van der Waals surface area contributed by atoms with Crippen LogP contribution in [0.3, 0.4) is 0 Å². The van der Waals surface area contributed by atoms with E-state index in [4.69, 9.17) is 39.5 Å². The predicted molar refractivity (Wildman–Crippen MR) is 117 cm³/mol. The fraction of sp³-hybridized carbons (Fsp3) is 0.100. The van der Waals surface area contributed by atoms with E-state index in [9.17, 15) is 14.7 Å². The lowest BCUT2D eigenvalue weighted by Gasteiger charge is -2.12. The minimum atomic E-state index is -1.16. The Balaban J connectivity index is 2.01. The molecular weight excluding hydrogens is 457 g/mol. The molecule has 1 aromatic heterocycles. The van der Waals surface area contributed by atoms with Crippen LogP contribution in [0.5, 0.6) is 5.75 Å². The van der Waals surface area contributed by atoms with Crippen LogP contribution in [0.1, 0.15) is 26.3 Å². The number of benzene rings is 2. The molecule has 0 bridgehead atoms. The van der Waals surface area contributed by atoms with Crippen LogP contribution in [0.15, 0.2) is 35.7 Å². The maximum atomic E-state index is 12.8. The highest BCUT2D eigenvalue weighted by Gasteiger charge is 2.24. The summed E-state index contributed by atoms with van der Waals surface area (Å²) in [5.41, 5.74) is 2.25. The van der Waals surface area contributed by atoms with E-state index in [0.29, 0.717) is 5.56 Å². The molecule has 0 atom stereocenters. The van der Waals surface area contributed by atoms with Crippen molar-refractivity contribution in [1.82, 2.24) is 0 Å². The maximum absolute atomic E-state index is 12.8. The number of methoxy groups -OCH3 is 1. The highest BCUT2D eigenvalue weighted by atomic mass is 35.5. The molecule has 9 heteroatoms. The Bertz CT molecular complexity index is 1130. The molecule has 0 spiro atoms. The first-order chi connectivity index (χ1) is 13.7. The number of aryl methyl sites for hydroxylation is 1. The Morgan fingerprint density at radius 3 is 2.48 bits per heavy atom. The van der Waals surface area contributed by atoms with Gasteiger partial charge in [0.15, 0.2) is 5.75 Å². The molecule has 5 nitrogen and oxygen atoms in total. The third kappa shape index (κ3) is 4.21. The maximum Gasteiger partial charge on any atom is 0.339 e. The fourth-order valence-corrected chi connectivity index (χ4v) is 4.58. The number of anilines is 1. The first-order valence-electron chi connectivity index (χ1n) is 8.19. The van der Waals surface area contributed by atoms with E-state index in [1.165, 1.54) is 13.2 Å². The summed E-state index contributed by atoms with van der Waals surface area (Å²) in [6, 6.07) is 8.76. The lowest BCUT2D eigenvalue weighted by molar-refractivity contribution is 0.0699. The van der Waals surface area contributed by atoms with Crippen molar-refractivity contribution in [2.24, 2.45) is 0 Å². The summed E-state index contributed by atoms with van der Waals surface area (Å²) < 4.78 is 5.07. The van der Waals surface area contributed by atoms with Crippen molar-refractivity contribution in [1.29, 1.82) is 0 Å². The molecule has 0 aliphatic heterocycles. The van der Waals surface area contributed by atoms with Gasteiger partial charge in [-0.25, -0.2) is 4.79 Å². The Hall–Kier alpha value is -2.25. The van der Waals surface area contributed by atoms with Gasteiger partial charge in [0, 0.05) is 10.9 Å². The van der Waals surface area contributed by atoms with E-state index in [0.717, 1.165) is 22.5 Å². The number of carboxylic acid groups (broad SMARTS) is 1. The lowest BCUT2D eigenvalue weighted by Crippen LogP contribution is -2.14. The van der Waals surface area contributed by atoms with Crippen LogP contribution in [0.25, 0.3) is 11.1 Å². The van der Waals surface area contributed by atoms with Gasteiger partial charge in [0.05, 0.1) is 22.7 Å². The number of hydrogen-bond acceptors (Lipinski definition) is 4. The number of amides is 1. The molecule has 29 heavy (non-hydrogen) atoms. The van der Waals surface area contributed by atoms with Gasteiger partial charge >= 0.3 is 5.97 Å². The van der Waals surface area contributed by atoms with E-state index in [1.807, 2.05) is 31.2 Å². The number of aromatic carboxylic acids is 1. The van der Waals surface area contributed by atoms with Gasteiger partial charge in [0.2, 0.25) is 0 Å². The van der Waals surface area contributed by atoms with Crippen molar-refractivity contribution >= 4 is 63.0 Å². The fourth-order valence-electron chi connectivity index (χ4n) is 2.79. The molecular formula is C20H14Cl3NO4S. The van der Waals surface area contributed by atoms with Crippen LogP contribution in [0.4, 0.5) is 5.00 Å². The summed E-state index contributed by atoms with van der Waals surface area (Å²) in [6.07, 6.45) is 0. The number of rotatable bonds is 5. The zero-order valence-electron chi connectivity index (χ0n) is 15.2. The average Bonchev–Trinajstić information content (AvgIpc) is 3.09. The summed E-state index contributed by atoms with van der Waals surface area (Å²) in [5.74, 6) is -1.64. The summed E-state index contributed by atoms with van der Waals surface area (Å²) >= 11 is 19.5. The minimum Gasteiger partial charge on any atom is -0.494 e. The van der Waals surface area contributed by atoms with Crippen LogP contribution < -0.4 is 10.1 Å². The van der Waals surface area contributed by atoms with Crippen molar-refractivity contribution in [2.45, 2.75) is 6.92 Å². The molecule has 0 aliphatic carbocycles. The first kappa shape index (κ1) is 21.5. The van der Waals surface area contributed by atoms with Gasteiger partial charge in [0.1, 0.15) is 15.6 Å². The molecule has 3 aromatic rings. The van der Waals surface area contributed by atoms with Crippen LogP contribution in [-0.2, 0) is 0 Å². The number of carbonyl (C=O) groups excluding carboxylic acids is 1. The Morgan fingerprint density at radius 1 is 1.14 bits per heavy atom. The first-order valence-corrected chi connectivity index (χ1v) is 10.2. The van der Waals surface area contributed by atoms with E-state index in [2.05, 4.69) is 5.32 Å². The summed E-state index contributed by atoms with van der Waals surface area (Å²) in [6.45, 7) is 1.91. The second-order valence-electron chi connectivity index (χ2n) is 6.05. The Morgan fingerprint density at radius 2 is 1.86 bits per heavy atom. The van der Waals surface area contributed by atoms with E-state index in [-0.39, 0.29) is 36.9 Å². The standard InChI is InChI=1S/C20H14Cl3NO4S/c1-9-4-3-5-10(6-9)12-8-29-19(14(12)20(26)27)24-18(25)11-7-13(21)17(28-2)16(23)15(11)22/h3-8H,1-2H3,(H,24,25)(H,26,27). The zero-order chi connectivity index (χ0) is 21.3. The molecule has 2 N–H and O–H groups in total. The van der Waals surface area contributed by atoms with Crippen molar-refractivity contribution in [3.05, 3.63) is 67.5 Å². The van der Waals surface area contributed by atoms with Crippen molar-refractivity contribution in [2.75, 3.05) is 12.4 Å². The number of thiophene rings is 1. The largest absolute Gasteiger partial charge is 0.494 e. The molecule has 0 aliphatic rings. The number of halogens is 3. The van der Waals surface area contributed by atoms with Crippen molar-refractivity contribution in [3.8, 4) is 16.9 Å². The second kappa shape index (κ2) is 8.63. The third-order valence-electron chi connectivity index (χ3n) is 4.13. The second-order valence-corrected chi connectivity index (χ2v) is 8.09. The topological polar surface area (TPSA) is 75.6 Å². The number of carbonyl (C=O) groups is 2. The number of carboxylic acids is 1.